The molecule has 0 spiro atoms. The number of allylic oxidation sites excluding steroid dienone is 3. The Balaban J connectivity index is 1.70. The van der Waals surface area contributed by atoms with Gasteiger partial charge in [0.25, 0.3) is 6.23 Å². The number of amides is 2. The van der Waals surface area contributed by atoms with Crippen molar-refractivity contribution >= 4 is 29.0 Å². The second-order valence-corrected chi connectivity index (χ2v) is 7.13. The number of aliphatic hydroxyl groups excluding tert-OH is 1. The van der Waals surface area contributed by atoms with Gasteiger partial charge in [-0.2, -0.15) is 5.10 Å². The highest BCUT2D eigenvalue weighted by molar-refractivity contribution is 6.21. The molecule has 1 saturated heterocycles. The van der Waals surface area contributed by atoms with Gasteiger partial charge in [0.1, 0.15) is 12.2 Å². The second-order valence-electron chi connectivity index (χ2n) is 7.13. The number of aliphatic hydroxyl groups is 1. The van der Waals surface area contributed by atoms with Crippen molar-refractivity contribution < 1.29 is 14.5 Å². The average Bonchev–Trinajstić information content (AvgIpc) is 3.10. The molecule has 9 nitrogen and oxygen atoms in total. The number of primary amides is 1. The van der Waals surface area contributed by atoms with Crippen molar-refractivity contribution in [2.45, 2.75) is 25.5 Å². The third kappa shape index (κ3) is 4.01. The monoisotopic (exact) mass is 406 g/mol. The number of nitrogens with two attached hydrogens (primary N) is 2. The van der Waals surface area contributed by atoms with Crippen molar-refractivity contribution in [3.8, 4) is 5.69 Å². The lowest BCUT2D eigenvalue weighted by molar-refractivity contribution is -0.617. The van der Waals surface area contributed by atoms with Gasteiger partial charge in [0.2, 0.25) is 5.71 Å². The van der Waals surface area contributed by atoms with Gasteiger partial charge in [-0.3, -0.25) is 0 Å². The van der Waals surface area contributed by atoms with Gasteiger partial charge in [-0.05, 0) is 24.6 Å². The number of piperidine rings is 1. The summed E-state index contributed by atoms with van der Waals surface area (Å²) in [5, 5.41) is 17.2. The first kappa shape index (κ1) is 19.6. The van der Waals surface area contributed by atoms with Crippen molar-refractivity contribution in [3.05, 3.63) is 60.5 Å². The second kappa shape index (κ2) is 8.34. The summed E-state index contributed by atoms with van der Waals surface area (Å²) in [7, 11) is 0. The fourth-order valence-corrected chi connectivity index (χ4v) is 3.59. The zero-order valence-electron chi connectivity index (χ0n) is 16.4. The van der Waals surface area contributed by atoms with Crippen LogP contribution in [0.4, 0.5) is 16.3 Å². The van der Waals surface area contributed by atoms with Crippen LogP contribution in [-0.2, 0) is 0 Å². The van der Waals surface area contributed by atoms with Crippen LogP contribution in [0.2, 0.25) is 0 Å². The number of nitrogens with zero attached hydrogens (tertiary/aromatic N) is 4. The molecular weight excluding hydrogens is 382 g/mol. The van der Waals surface area contributed by atoms with Gasteiger partial charge < -0.3 is 21.9 Å². The molecule has 9 heteroatoms. The third-order valence-corrected chi connectivity index (χ3v) is 5.07. The molecule has 1 atom stereocenters. The first-order valence-corrected chi connectivity index (χ1v) is 9.79. The number of carbonyl (C=O) groups excluding carboxylic acids is 1. The van der Waals surface area contributed by atoms with E-state index >= 15 is 0 Å². The summed E-state index contributed by atoms with van der Waals surface area (Å²) < 4.78 is 3.50. The highest BCUT2D eigenvalue weighted by Crippen LogP contribution is 2.26. The minimum Gasteiger partial charge on any atom is -0.382 e. The number of hydrogen-bond donors (Lipinski definition) is 4. The Hall–Kier alpha value is -3.72. The number of aliphatic imine (C=N–C) groups is 1. The molecule has 1 aliphatic heterocycles. The minimum atomic E-state index is -0.698. The topological polar surface area (TPSA) is 135 Å². The number of hydrogen-bond acceptors (Lipinski definition) is 5. The van der Waals surface area contributed by atoms with Crippen LogP contribution in [-0.4, -0.2) is 49.7 Å². The third-order valence-electron chi connectivity index (χ3n) is 5.07. The highest BCUT2D eigenvalue weighted by atomic mass is 16.3. The van der Waals surface area contributed by atoms with Gasteiger partial charge in [0.15, 0.2) is 5.82 Å². The van der Waals surface area contributed by atoms with E-state index in [0.29, 0.717) is 29.3 Å². The Morgan fingerprint density at radius 2 is 2.07 bits per heavy atom. The summed E-state index contributed by atoms with van der Waals surface area (Å²) in [6, 6.07) is 8.80. The van der Waals surface area contributed by atoms with Crippen LogP contribution in [0.5, 0.6) is 0 Å². The molecule has 0 bridgehead atoms. The first-order chi connectivity index (χ1) is 14.5. The van der Waals surface area contributed by atoms with Crippen molar-refractivity contribution in [1.29, 1.82) is 0 Å². The number of rotatable bonds is 3. The molecule has 154 valence electrons. The highest BCUT2D eigenvalue weighted by Gasteiger charge is 2.27. The maximum Gasteiger partial charge on any atom is 0.316 e. The molecular formula is C21H24N7O2+. The zero-order valence-corrected chi connectivity index (χ0v) is 16.4. The number of benzene rings is 1. The van der Waals surface area contributed by atoms with Gasteiger partial charge in [0, 0.05) is 25.0 Å². The Bertz CT molecular complexity index is 1080. The van der Waals surface area contributed by atoms with Gasteiger partial charge in [-0.25, -0.2) is 19.0 Å². The Labute approximate surface area is 173 Å². The number of para-hydroxylation sites is 1. The van der Waals surface area contributed by atoms with E-state index in [4.69, 9.17) is 11.5 Å². The van der Waals surface area contributed by atoms with Crippen molar-refractivity contribution in [2.24, 2.45) is 10.7 Å². The van der Waals surface area contributed by atoms with E-state index in [0.717, 1.165) is 30.8 Å². The van der Waals surface area contributed by atoms with Crippen LogP contribution in [0.1, 0.15) is 19.3 Å². The van der Waals surface area contributed by atoms with Crippen LogP contribution in [0.25, 0.3) is 5.69 Å². The normalized spacial score (nSPS) is 22.8. The van der Waals surface area contributed by atoms with Crippen LogP contribution < -0.4 is 16.8 Å². The standard InChI is InChI=1S/C21H23N7O2/c22-20-18(13-24-28(20)14-6-2-1-3-7-14)25-16-10-9-15(12-17(16)26-21(23)30)27-11-5-4-8-19(27)29/h1-3,6-7,9-10,12-13,19,29H,4-5,8,11H2,(H4,22,23,24,26,30)/p+1. The van der Waals surface area contributed by atoms with Crippen LogP contribution >= 0.6 is 0 Å². The van der Waals surface area contributed by atoms with E-state index in [1.54, 1.807) is 23.0 Å². The molecule has 1 aromatic heterocycles. The molecule has 2 heterocycles. The summed E-state index contributed by atoms with van der Waals surface area (Å²) in [4.78, 5) is 16.1. The Kier molecular flexibility index (Phi) is 5.44. The number of carbonyl (C=O) groups is 1. The molecule has 0 radical (unpaired) electrons. The van der Waals surface area contributed by atoms with Gasteiger partial charge in [-0.1, -0.05) is 18.2 Å². The average molecular weight is 406 g/mol. The van der Waals surface area contributed by atoms with Crippen molar-refractivity contribution in [2.75, 3.05) is 12.3 Å². The number of aromatic nitrogens is 2. The lowest BCUT2D eigenvalue weighted by atomic mass is 10.1. The summed E-state index contributed by atoms with van der Waals surface area (Å²) in [5.41, 5.74) is 14.6. The first-order valence-electron chi connectivity index (χ1n) is 9.79. The van der Waals surface area contributed by atoms with E-state index < -0.39 is 12.3 Å². The summed E-state index contributed by atoms with van der Waals surface area (Å²) >= 11 is 0. The van der Waals surface area contributed by atoms with E-state index in [9.17, 15) is 9.90 Å². The lowest BCUT2D eigenvalue weighted by Crippen LogP contribution is -2.38. The largest absolute Gasteiger partial charge is 0.382 e. The molecule has 1 aromatic carbocycles. The minimum absolute atomic E-state index is 0.377. The number of nitrogen functional groups attached to an aromatic ring is 1. The van der Waals surface area contributed by atoms with Gasteiger partial charge in [-0.15, -0.1) is 0 Å². The van der Waals surface area contributed by atoms with E-state index in [1.165, 1.54) is 0 Å². The lowest BCUT2D eigenvalue weighted by Gasteiger charge is -2.19. The quantitative estimate of drug-likeness (QED) is 0.455. The molecule has 4 rings (SSSR count). The Morgan fingerprint density at radius 3 is 2.80 bits per heavy atom. The van der Waals surface area contributed by atoms with E-state index in [2.05, 4.69) is 15.4 Å². The summed E-state index contributed by atoms with van der Waals surface area (Å²) in [6.07, 6.45) is 9.09. The van der Waals surface area contributed by atoms with Crippen LogP contribution in [0.15, 0.2) is 65.4 Å². The predicted octanol–water partition coefficient (Wildman–Crippen LogP) is 1.60. The van der Waals surface area contributed by atoms with Gasteiger partial charge in [0.05, 0.1) is 23.3 Å². The number of urea groups is 1. The molecule has 1 aliphatic carbocycles. The molecule has 0 saturated carbocycles. The van der Waals surface area contributed by atoms with E-state index in [-0.39, 0.29) is 0 Å². The summed E-state index contributed by atoms with van der Waals surface area (Å²) in [5.74, 6) is 0.377. The SMILES string of the molecule is NC(=O)NC1=CC(=[N+]2\CCCCC2O)/C=CC/1=N/c1cnn(-c2ccccc2)c1N. The fourth-order valence-electron chi connectivity index (χ4n) is 3.59. The molecule has 2 aliphatic rings. The smallest absolute Gasteiger partial charge is 0.316 e. The number of nitrogens with one attached hydrogen (secondary N) is 1. The molecule has 1 unspecified atom stereocenters. The van der Waals surface area contributed by atoms with Gasteiger partial charge >= 0.3 is 6.03 Å². The molecule has 2 amide bonds. The van der Waals surface area contributed by atoms with Crippen LogP contribution in [0, 0.1) is 0 Å². The van der Waals surface area contributed by atoms with Crippen LogP contribution in [0.3, 0.4) is 0 Å². The molecule has 1 fully saturated rings. The van der Waals surface area contributed by atoms with E-state index in [1.807, 2.05) is 41.0 Å². The zero-order chi connectivity index (χ0) is 21.1. The number of anilines is 1. The Morgan fingerprint density at radius 1 is 1.27 bits per heavy atom. The maximum atomic E-state index is 11.5. The molecule has 30 heavy (non-hydrogen) atoms. The molecule has 6 N–H and O–H groups in total. The maximum absolute atomic E-state index is 11.5. The van der Waals surface area contributed by atoms with Crippen molar-refractivity contribution in [3.63, 3.8) is 0 Å². The summed E-state index contributed by atoms with van der Waals surface area (Å²) in [6.45, 7) is 0.741. The predicted molar refractivity (Wildman–Crippen MR) is 115 cm³/mol. The molecule has 2 aromatic rings. The fraction of sp³-hybridized carbons (Fsp3) is 0.238. The van der Waals surface area contributed by atoms with Crippen molar-refractivity contribution in [1.82, 2.24) is 15.1 Å².